The van der Waals surface area contributed by atoms with Crippen molar-refractivity contribution in [3.05, 3.63) is 54.3 Å². The number of carbonyl (C=O) groups excluding carboxylic acids is 1. The zero-order valence-corrected chi connectivity index (χ0v) is 15.3. The maximum Gasteiger partial charge on any atom is 0.277 e. The van der Waals surface area contributed by atoms with Crippen LogP contribution in [-0.4, -0.2) is 30.3 Å². The third-order valence-corrected chi connectivity index (χ3v) is 5.04. The average Bonchev–Trinajstić information content (AvgIpc) is 3.10. The van der Waals surface area contributed by atoms with E-state index in [1.165, 1.54) is 48.5 Å². The minimum absolute atomic E-state index is 0.0172. The standard InChI is InChI=1S/C16H13FN4O4S2/c17-11-3-5-12(6-4-11)19-14(22)9-26-16-21-20-15(25-16)10-1-7-13(8-2-10)27(18,23)24/h1-8H,9H2,(H,19,22)(H2,18,23,24). The van der Waals surface area contributed by atoms with E-state index in [0.29, 0.717) is 11.3 Å². The summed E-state index contributed by atoms with van der Waals surface area (Å²) in [6, 6.07) is 11.0. The summed E-state index contributed by atoms with van der Waals surface area (Å²) >= 11 is 1.03. The van der Waals surface area contributed by atoms with Crippen molar-refractivity contribution in [1.82, 2.24) is 10.2 Å². The molecule has 0 aliphatic carbocycles. The summed E-state index contributed by atoms with van der Waals surface area (Å²) in [5.41, 5.74) is 0.987. The minimum Gasteiger partial charge on any atom is -0.411 e. The van der Waals surface area contributed by atoms with Gasteiger partial charge in [-0.15, -0.1) is 10.2 Å². The number of nitrogens with two attached hydrogens (primary N) is 1. The van der Waals surface area contributed by atoms with Crippen LogP contribution in [0, 0.1) is 5.82 Å². The normalized spacial score (nSPS) is 11.3. The quantitative estimate of drug-likeness (QED) is 0.599. The lowest BCUT2D eigenvalue weighted by molar-refractivity contribution is -0.113. The Morgan fingerprint density at radius 1 is 1.11 bits per heavy atom. The van der Waals surface area contributed by atoms with Gasteiger partial charge in [0.1, 0.15) is 5.82 Å². The smallest absolute Gasteiger partial charge is 0.277 e. The molecule has 8 nitrogen and oxygen atoms in total. The van der Waals surface area contributed by atoms with Crippen molar-refractivity contribution in [2.75, 3.05) is 11.1 Å². The molecule has 0 fully saturated rings. The van der Waals surface area contributed by atoms with Gasteiger partial charge in [-0.05, 0) is 48.5 Å². The lowest BCUT2D eigenvalue weighted by atomic mass is 10.2. The van der Waals surface area contributed by atoms with Gasteiger partial charge in [0.05, 0.1) is 10.6 Å². The fourth-order valence-corrected chi connectivity index (χ4v) is 3.11. The van der Waals surface area contributed by atoms with Crippen LogP contribution in [0.15, 0.2) is 63.1 Å². The molecule has 2 aromatic carbocycles. The molecule has 0 atom stereocenters. The Morgan fingerprint density at radius 3 is 2.41 bits per heavy atom. The molecule has 1 amide bonds. The predicted octanol–water partition coefficient (Wildman–Crippen LogP) is 2.25. The summed E-state index contributed by atoms with van der Waals surface area (Å²) in [6.07, 6.45) is 0. The number of aromatic nitrogens is 2. The molecule has 0 aliphatic rings. The number of amides is 1. The van der Waals surface area contributed by atoms with Gasteiger partial charge in [-0.25, -0.2) is 17.9 Å². The van der Waals surface area contributed by atoms with Crippen LogP contribution in [0.4, 0.5) is 10.1 Å². The van der Waals surface area contributed by atoms with Crippen LogP contribution < -0.4 is 10.5 Å². The van der Waals surface area contributed by atoms with Gasteiger partial charge in [0.25, 0.3) is 5.22 Å². The molecule has 0 bridgehead atoms. The topological polar surface area (TPSA) is 128 Å². The molecule has 0 unspecified atom stereocenters. The number of benzene rings is 2. The van der Waals surface area contributed by atoms with E-state index >= 15 is 0 Å². The van der Waals surface area contributed by atoms with Gasteiger partial charge in [0, 0.05) is 11.3 Å². The van der Waals surface area contributed by atoms with Crippen molar-refractivity contribution in [1.29, 1.82) is 0 Å². The van der Waals surface area contributed by atoms with Gasteiger partial charge in [-0.3, -0.25) is 4.79 Å². The molecule has 3 rings (SSSR count). The van der Waals surface area contributed by atoms with Crippen LogP contribution in [0.5, 0.6) is 0 Å². The van der Waals surface area contributed by atoms with Gasteiger partial charge in [0.15, 0.2) is 0 Å². The zero-order chi connectivity index (χ0) is 19.4. The number of primary sulfonamides is 1. The summed E-state index contributed by atoms with van der Waals surface area (Å²) in [7, 11) is -3.78. The maximum absolute atomic E-state index is 12.8. The molecule has 0 aliphatic heterocycles. The number of hydrogen-bond donors (Lipinski definition) is 2. The Labute approximate surface area is 158 Å². The second-order valence-corrected chi connectivity index (χ2v) is 7.77. The Hall–Kier alpha value is -2.76. The van der Waals surface area contributed by atoms with E-state index in [9.17, 15) is 17.6 Å². The summed E-state index contributed by atoms with van der Waals surface area (Å²) in [5, 5.41) is 15.5. The van der Waals surface area contributed by atoms with Crippen molar-refractivity contribution >= 4 is 33.4 Å². The third kappa shape index (κ3) is 5.12. The SMILES string of the molecule is NS(=O)(=O)c1ccc(-c2nnc(SCC(=O)Nc3ccc(F)cc3)o2)cc1. The van der Waals surface area contributed by atoms with Crippen molar-refractivity contribution in [2.45, 2.75) is 10.1 Å². The number of halogens is 1. The molecule has 0 spiro atoms. The van der Waals surface area contributed by atoms with E-state index in [4.69, 9.17) is 9.56 Å². The first-order chi connectivity index (χ1) is 12.8. The summed E-state index contributed by atoms with van der Waals surface area (Å²) in [4.78, 5) is 11.9. The molecule has 0 saturated heterocycles. The van der Waals surface area contributed by atoms with E-state index in [1.807, 2.05) is 0 Å². The van der Waals surface area contributed by atoms with Crippen LogP contribution in [0.25, 0.3) is 11.5 Å². The molecule has 3 aromatic rings. The second-order valence-electron chi connectivity index (χ2n) is 5.29. The number of nitrogens with zero attached hydrogens (tertiary/aromatic N) is 2. The fraction of sp³-hybridized carbons (Fsp3) is 0.0625. The van der Waals surface area contributed by atoms with Crippen LogP contribution >= 0.6 is 11.8 Å². The van der Waals surface area contributed by atoms with E-state index in [1.54, 1.807) is 0 Å². The largest absolute Gasteiger partial charge is 0.411 e. The summed E-state index contributed by atoms with van der Waals surface area (Å²) in [6.45, 7) is 0. The molecule has 1 heterocycles. The van der Waals surface area contributed by atoms with Crippen molar-refractivity contribution < 1.29 is 22.0 Å². The van der Waals surface area contributed by atoms with Gasteiger partial charge in [0.2, 0.25) is 21.8 Å². The molecule has 27 heavy (non-hydrogen) atoms. The van der Waals surface area contributed by atoms with Gasteiger partial charge < -0.3 is 9.73 Å². The van der Waals surface area contributed by atoms with Crippen LogP contribution in [0.1, 0.15) is 0 Å². The first-order valence-corrected chi connectivity index (χ1v) is 9.99. The van der Waals surface area contributed by atoms with Gasteiger partial charge in [-0.2, -0.15) is 0 Å². The molecule has 11 heteroatoms. The van der Waals surface area contributed by atoms with Gasteiger partial charge >= 0.3 is 0 Å². The molecular formula is C16H13FN4O4S2. The minimum atomic E-state index is -3.78. The molecule has 0 saturated carbocycles. The van der Waals surface area contributed by atoms with Crippen molar-refractivity contribution in [2.24, 2.45) is 5.14 Å². The Morgan fingerprint density at radius 2 is 1.78 bits per heavy atom. The maximum atomic E-state index is 12.8. The number of nitrogens with one attached hydrogen (secondary N) is 1. The highest BCUT2D eigenvalue weighted by Crippen LogP contribution is 2.24. The highest BCUT2D eigenvalue weighted by Gasteiger charge is 2.13. The predicted molar refractivity (Wildman–Crippen MR) is 96.9 cm³/mol. The number of rotatable bonds is 6. The van der Waals surface area contributed by atoms with Crippen LogP contribution in [0.3, 0.4) is 0 Å². The molecule has 3 N–H and O–H groups in total. The average molecular weight is 408 g/mol. The van der Waals surface area contributed by atoms with Crippen molar-refractivity contribution in [3.8, 4) is 11.5 Å². The lowest BCUT2D eigenvalue weighted by Crippen LogP contribution is -2.13. The molecule has 140 valence electrons. The van der Waals surface area contributed by atoms with E-state index < -0.39 is 15.8 Å². The Bertz CT molecular complexity index is 1050. The number of hydrogen-bond acceptors (Lipinski definition) is 7. The fourth-order valence-electron chi connectivity index (χ4n) is 2.03. The van der Waals surface area contributed by atoms with Crippen LogP contribution in [-0.2, 0) is 14.8 Å². The Balaban J connectivity index is 1.59. The lowest BCUT2D eigenvalue weighted by Gasteiger charge is -2.03. The zero-order valence-electron chi connectivity index (χ0n) is 13.6. The highest BCUT2D eigenvalue weighted by molar-refractivity contribution is 7.99. The number of thioether (sulfide) groups is 1. The first kappa shape index (κ1) is 19.0. The second kappa shape index (κ2) is 7.86. The van der Waals surface area contributed by atoms with E-state index in [0.717, 1.165) is 11.8 Å². The van der Waals surface area contributed by atoms with Gasteiger partial charge in [-0.1, -0.05) is 11.8 Å². The molecular weight excluding hydrogens is 395 g/mol. The Kier molecular flexibility index (Phi) is 5.54. The first-order valence-electron chi connectivity index (χ1n) is 7.46. The van der Waals surface area contributed by atoms with Crippen LogP contribution in [0.2, 0.25) is 0 Å². The van der Waals surface area contributed by atoms with E-state index in [-0.39, 0.29) is 27.7 Å². The molecule has 1 aromatic heterocycles. The number of carbonyl (C=O) groups is 1. The third-order valence-electron chi connectivity index (χ3n) is 3.29. The number of sulfonamides is 1. The highest BCUT2D eigenvalue weighted by atomic mass is 32.2. The molecule has 0 radical (unpaired) electrons. The van der Waals surface area contributed by atoms with E-state index in [2.05, 4.69) is 15.5 Å². The number of anilines is 1. The summed E-state index contributed by atoms with van der Waals surface area (Å²) in [5.74, 6) is -0.511. The monoisotopic (exact) mass is 408 g/mol. The van der Waals surface area contributed by atoms with Crippen molar-refractivity contribution in [3.63, 3.8) is 0 Å². The summed E-state index contributed by atoms with van der Waals surface area (Å²) < 4.78 is 40.8.